The van der Waals surface area contributed by atoms with Crippen molar-refractivity contribution < 1.29 is 9.53 Å². The van der Waals surface area contributed by atoms with Crippen molar-refractivity contribution >= 4 is 5.78 Å². The summed E-state index contributed by atoms with van der Waals surface area (Å²) in [7, 11) is 1.66. The third kappa shape index (κ3) is 2.83. The van der Waals surface area contributed by atoms with Gasteiger partial charge in [0, 0.05) is 11.5 Å². The second-order valence-corrected chi connectivity index (χ2v) is 6.34. The van der Waals surface area contributed by atoms with Gasteiger partial charge in [-0.1, -0.05) is 26.7 Å². The molecule has 0 saturated heterocycles. The highest BCUT2D eigenvalue weighted by Crippen LogP contribution is 2.42. The highest BCUT2D eigenvalue weighted by Gasteiger charge is 2.37. The van der Waals surface area contributed by atoms with Crippen molar-refractivity contribution in [1.29, 1.82) is 0 Å². The molecule has 2 heteroatoms. The van der Waals surface area contributed by atoms with Crippen LogP contribution in [0.25, 0.3) is 0 Å². The first-order valence-electron chi connectivity index (χ1n) is 7.14. The minimum atomic E-state index is 0.128. The Balaban J connectivity index is 2.26. The summed E-state index contributed by atoms with van der Waals surface area (Å²) in [5.41, 5.74) is 1.99. The van der Waals surface area contributed by atoms with Crippen LogP contribution in [0.15, 0.2) is 18.2 Å². The van der Waals surface area contributed by atoms with E-state index in [1.807, 2.05) is 25.1 Å². The molecule has 2 rings (SSSR count). The first kappa shape index (κ1) is 14.1. The maximum absolute atomic E-state index is 12.7. The first-order chi connectivity index (χ1) is 8.95. The largest absolute Gasteiger partial charge is 0.496 e. The van der Waals surface area contributed by atoms with Gasteiger partial charge < -0.3 is 4.74 Å². The smallest absolute Gasteiger partial charge is 0.166 e. The minimum absolute atomic E-state index is 0.128. The number of hydrogen-bond acceptors (Lipinski definition) is 2. The Bertz CT molecular complexity index is 474. The van der Waals surface area contributed by atoms with Crippen LogP contribution in [0.2, 0.25) is 0 Å². The zero-order valence-electron chi connectivity index (χ0n) is 12.5. The molecule has 0 heterocycles. The van der Waals surface area contributed by atoms with E-state index in [1.54, 1.807) is 7.11 Å². The molecule has 0 amide bonds. The molecule has 19 heavy (non-hydrogen) atoms. The SMILES string of the molecule is COc1ccc(C(=O)C2CCCCC2(C)C)cc1C. The van der Waals surface area contributed by atoms with Crippen molar-refractivity contribution in [3.05, 3.63) is 29.3 Å². The monoisotopic (exact) mass is 260 g/mol. The van der Waals surface area contributed by atoms with Gasteiger partial charge in [-0.3, -0.25) is 4.79 Å². The van der Waals surface area contributed by atoms with E-state index in [1.165, 1.54) is 12.8 Å². The van der Waals surface area contributed by atoms with Gasteiger partial charge in [0.15, 0.2) is 5.78 Å². The van der Waals surface area contributed by atoms with E-state index in [0.29, 0.717) is 5.78 Å². The summed E-state index contributed by atoms with van der Waals surface area (Å²) in [4.78, 5) is 12.7. The number of ketones is 1. The summed E-state index contributed by atoms with van der Waals surface area (Å²) in [6, 6.07) is 5.77. The number of carbonyl (C=O) groups excluding carboxylic acids is 1. The number of hydrogen-bond donors (Lipinski definition) is 0. The lowest BCUT2D eigenvalue weighted by atomic mass is 9.66. The average Bonchev–Trinajstić information content (AvgIpc) is 2.37. The number of aryl methyl sites for hydroxylation is 1. The Kier molecular flexibility index (Phi) is 3.98. The summed E-state index contributed by atoms with van der Waals surface area (Å²) in [6.45, 7) is 6.44. The van der Waals surface area contributed by atoms with E-state index in [4.69, 9.17) is 4.74 Å². The molecule has 1 atom stereocenters. The van der Waals surface area contributed by atoms with Gasteiger partial charge >= 0.3 is 0 Å². The summed E-state index contributed by atoms with van der Waals surface area (Å²) < 4.78 is 5.25. The minimum Gasteiger partial charge on any atom is -0.496 e. The third-order valence-electron chi connectivity index (χ3n) is 4.50. The van der Waals surface area contributed by atoms with Gasteiger partial charge in [-0.05, 0) is 48.9 Å². The number of methoxy groups -OCH3 is 1. The molecule has 0 radical (unpaired) electrons. The molecule has 0 spiro atoms. The van der Waals surface area contributed by atoms with Crippen LogP contribution in [0.5, 0.6) is 5.75 Å². The van der Waals surface area contributed by atoms with Crippen LogP contribution in [0.3, 0.4) is 0 Å². The molecular formula is C17H24O2. The predicted octanol–water partition coefficient (Wildman–Crippen LogP) is 4.40. The molecule has 1 aromatic rings. The van der Waals surface area contributed by atoms with Gasteiger partial charge in [0.05, 0.1) is 7.11 Å². The quantitative estimate of drug-likeness (QED) is 0.753. The molecule has 1 aliphatic rings. The molecule has 0 N–H and O–H groups in total. The summed E-state index contributed by atoms with van der Waals surface area (Å²) in [5.74, 6) is 1.31. The molecule has 1 aromatic carbocycles. The molecule has 2 nitrogen and oxygen atoms in total. The number of Topliss-reactive ketones (excluding diaryl/α,β-unsaturated/α-hetero) is 1. The Labute approximate surface area is 116 Å². The zero-order valence-corrected chi connectivity index (χ0v) is 12.5. The Morgan fingerprint density at radius 3 is 2.63 bits per heavy atom. The maximum atomic E-state index is 12.7. The normalized spacial score (nSPS) is 22.0. The number of ether oxygens (including phenoxy) is 1. The highest BCUT2D eigenvalue weighted by atomic mass is 16.5. The summed E-state index contributed by atoms with van der Waals surface area (Å²) in [6.07, 6.45) is 4.60. The van der Waals surface area contributed by atoms with E-state index >= 15 is 0 Å². The first-order valence-corrected chi connectivity index (χ1v) is 7.14. The second kappa shape index (κ2) is 5.36. The predicted molar refractivity (Wildman–Crippen MR) is 77.8 cm³/mol. The van der Waals surface area contributed by atoms with Gasteiger partial charge in [-0.25, -0.2) is 0 Å². The Hall–Kier alpha value is -1.31. The molecule has 1 unspecified atom stereocenters. The molecule has 1 aliphatic carbocycles. The molecule has 0 aliphatic heterocycles. The lowest BCUT2D eigenvalue weighted by Crippen LogP contribution is -2.34. The van der Waals surface area contributed by atoms with E-state index in [0.717, 1.165) is 29.7 Å². The maximum Gasteiger partial charge on any atom is 0.166 e. The van der Waals surface area contributed by atoms with Crippen molar-refractivity contribution in [3.8, 4) is 5.75 Å². The standard InChI is InChI=1S/C17H24O2/c1-12-11-13(8-9-15(12)19-4)16(18)14-7-5-6-10-17(14,2)3/h8-9,11,14H,5-7,10H2,1-4H3. The van der Waals surface area contributed by atoms with Gasteiger partial charge in [0.25, 0.3) is 0 Å². The van der Waals surface area contributed by atoms with Crippen LogP contribution in [-0.4, -0.2) is 12.9 Å². The van der Waals surface area contributed by atoms with Gasteiger partial charge in [0.2, 0.25) is 0 Å². The van der Waals surface area contributed by atoms with Gasteiger partial charge in [-0.2, -0.15) is 0 Å². The lowest BCUT2D eigenvalue weighted by molar-refractivity contribution is 0.0697. The zero-order chi connectivity index (χ0) is 14.0. The van der Waals surface area contributed by atoms with E-state index < -0.39 is 0 Å². The average molecular weight is 260 g/mol. The number of carbonyl (C=O) groups is 1. The van der Waals surface area contributed by atoms with E-state index in [9.17, 15) is 4.79 Å². The fraction of sp³-hybridized carbons (Fsp3) is 0.588. The Morgan fingerprint density at radius 1 is 1.32 bits per heavy atom. The van der Waals surface area contributed by atoms with Gasteiger partial charge in [0.1, 0.15) is 5.75 Å². The molecule has 0 bridgehead atoms. The van der Waals surface area contributed by atoms with Crippen molar-refractivity contribution in [2.24, 2.45) is 11.3 Å². The van der Waals surface area contributed by atoms with Crippen molar-refractivity contribution in [2.75, 3.05) is 7.11 Å². The fourth-order valence-corrected chi connectivity index (χ4v) is 3.21. The molecular weight excluding hydrogens is 236 g/mol. The highest BCUT2D eigenvalue weighted by molar-refractivity contribution is 5.98. The molecule has 104 valence electrons. The topological polar surface area (TPSA) is 26.3 Å². The summed E-state index contributed by atoms with van der Waals surface area (Å²) in [5, 5.41) is 0. The van der Waals surface area contributed by atoms with Crippen LogP contribution in [0.1, 0.15) is 55.5 Å². The van der Waals surface area contributed by atoms with Crippen molar-refractivity contribution in [2.45, 2.75) is 46.5 Å². The van der Waals surface area contributed by atoms with Gasteiger partial charge in [-0.15, -0.1) is 0 Å². The number of benzene rings is 1. The van der Waals surface area contributed by atoms with Crippen molar-refractivity contribution in [3.63, 3.8) is 0 Å². The number of rotatable bonds is 3. The van der Waals surface area contributed by atoms with E-state index in [2.05, 4.69) is 13.8 Å². The lowest BCUT2D eigenvalue weighted by Gasteiger charge is -2.37. The second-order valence-electron chi connectivity index (χ2n) is 6.34. The fourth-order valence-electron chi connectivity index (χ4n) is 3.21. The van der Waals surface area contributed by atoms with Crippen LogP contribution < -0.4 is 4.74 Å². The third-order valence-corrected chi connectivity index (χ3v) is 4.50. The molecule has 1 fully saturated rings. The van der Waals surface area contributed by atoms with Crippen LogP contribution in [0.4, 0.5) is 0 Å². The van der Waals surface area contributed by atoms with Crippen LogP contribution in [0, 0.1) is 18.3 Å². The molecule has 0 aromatic heterocycles. The summed E-state index contributed by atoms with van der Waals surface area (Å²) >= 11 is 0. The van der Waals surface area contributed by atoms with Crippen molar-refractivity contribution in [1.82, 2.24) is 0 Å². The van der Waals surface area contributed by atoms with Crippen LogP contribution in [-0.2, 0) is 0 Å². The molecule has 1 saturated carbocycles. The van der Waals surface area contributed by atoms with E-state index in [-0.39, 0.29) is 11.3 Å². The Morgan fingerprint density at radius 2 is 2.05 bits per heavy atom. The van der Waals surface area contributed by atoms with Crippen LogP contribution >= 0.6 is 0 Å².